The first-order valence-electron chi connectivity index (χ1n) is 7.42. The lowest BCUT2D eigenvalue weighted by molar-refractivity contribution is 0.173. The Balaban J connectivity index is 1.57. The zero-order valence-corrected chi connectivity index (χ0v) is 13.3. The van der Waals surface area contributed by atoms with Gasteiger partial charge in [0.05, 0.1) is 13.7 Å². The van der Waals surface area contributed by atoms with Gasteiger partial charge in [-0.1, -0.05) is 0 Å². The van der Waals surface area contributed by atoms with Crippen LogP contribution in [0.25, 0.3) is 0 Å². The molecular formula is C16H18N2O3S. The molecule has 6 heteroatoms. The monoisotopic (exact) mass is 318 g/mol. The molecular weight excluding hydrogens is 300 g/mol. The van der Waals surface area contributed by atoms with Crippen molar-refractivity contribution in [3.8, 4) is 17.2 Å². The largest absolute Gasteiger partial charge is 0.496 e. The van der Waals surface area contributed by atoms with E-state index in [2.05, 4.69) is 9.88 Å². The van der Waals surface area contributed by atoms with Gasteiger partial charge in [-0.05, 0) is 18.9 Å². The van der Waals surface area contributed by atoms with Gasteiger partial charge in [-0.3, -0.25) is 4.90 Å². The van der Waals surface area contributed by atoms with Crippen LogP contribution in [0, 0.1) is 0 Å². The van der Waals surface area contributed by atoms with Crippen molar-refractivity contribution >= 4 is 11.3 Å². The van der Waals surface area contributed by atoms with E-state index in [9.17, 15) is 0 Å². The van der Waals surface area contributed by atoms with Crippen LogP contribution in [0.1, 0.15) is 23.4 Å². The lowest BCUT2D eigenvalue weighted by Crippen LogP contribution is -2.25. The van der Waals surface area contributed by atoms with Gasteiger partial charge in [-0.2, -0.15) is 0 Å². The smallest absolute Gasteiger partial charge is 0.231 e. The van der Waals surface area contributed by atoms with Gasteiger partial charge in [0.2, 0.25) is 6.79 Å². The molecule has 1 aliphatic carbocycles. The summed E-state index contributed by atoms with van der Waals surface area (Å²) in [7, 11) is 1.70. The Hall–Kier alpha value is -1.79. The Labute approximate surface area is 133 Å². The molecule has 0 saturated heterocycles. The van der Waals surface area contributed by atoms with Gasteiger partial charge < -0.3 is 14.2 Å². The summed E-state index contributed by atoms with van der Waals surface area (Å²) in [4.78, 5) is 6.88. The SMILES string of the molecule is COc1cc2c(cc1CN(Cc1nccs1)C1CC1)OCO2. The summed E-state index contributed by atoms with van der Waals surface area (Å²) in [5.41, 5.74) is 1.13. The minimum atomic E-state index is 0.285. The highest BCUT2D eigenvalue weighted by Crippen LogP contribution is 2.40. The van der Waals surface area contributed by atoms with E-state index in [-0.39, 0.29) is 6.79 Å². The van der Waals surface area contributed by atoms with Crippen molar-refractivity contribution in [3.05, 3.63) is 34.3 Å². The molecule has 1 aromatic heterocycles. The molecule has 0 unspecified atom stereocenters. The Kier molecular flexibility index (Phi) is 3.63. The highest BCUT2D eigenvalue weighted by molar-refractivity contribution is 7.09. The molecule has 1 aromatic carbocycles. The molecule has 0 atom stereocenters. The molecule has 2 aromatic rings. The van der Waals surface area contributed by atoms with Crippen molar-refractivity contribution < 1.29 is 14.2 Å². The van der Waals surface area contributed by atoms with Crippen LogP contribution in [0.5, 0.6) is 17.2 Å². The fourth-order valence-corrected chi connectivity index (χ4v) is 3.40. The van der Waals surface area contributed by atoms with E-state index in [0.717, 1.165) is 40.9 Å². The van der Waals surface area contributed by atoms with Crippen molar-refractivity contribution in [1.29, 1.82) is 0 Å². The van der Waals surface area contributed by atoms with Gasteiger partial charge in [0.15, 0.2) is 11.5 Å². The molecule has 22 heavy (non-hydrogen) atoms. The Morgan fingerprint density at radius 1 is 1.27 bits per heavy atom. The third-order valence-electron chi connectivity index (χ3n) is 4.03. The molecule has 1 aliphatic heterocycles. The van der Waals surface area contributed by atoms with E-state index < -0.39 is 0 Å². The minimum absolute atomic E-state index is 0.285. The molecule has 1 fully saturated rings. The van der Waals surface area contributed by atoms with Crippen LogP contribution in [0.4, 0.5) is 0 Å². The Bertz CT molecular complexity index is 656. The number of methoxy groups -OCH3 is 1. The van der Waals surface area contributed by atoms with E-state index >= 15 is 0 Å². The predicted molar refractivity (Wildman–Crippen MR) is 83.5 cm³/mol. The maximum atomic E-state index is 5.53. The number of benzene rings is 1. The summed E-state index contributed by atoms with van der Waals surface area (Å²) >= 11 is 1.71. The third-order valence-corrected chi connectivity index (χ3v) is 4.80. The van der Waals surface area contributed by atoms with E-state index in [4.69, 9.17) is 14.2 Å². The summed E-state index contributed by atoms with van der Waals surface area (Å²) in [6.07, 6.45) is 4.39. The molecule has 116 valence electrons. The van der Waals surface area contributed by atoms with Crippen LogP contribution >= 0.6 is 11.3 Å². The number of hydrogen-bond donors (Lipinski definition) is 0. The van der Waals surface area contributed by atoms with E-state index in [0.29, 0.717) is 6.04 Å². The normalized spacial score (nSPS) is 16.3. The maximum absolute atomic E-state index is 5.53. The first-order valence-corrected chi connectivity index (χ1v) is 8.30. The average molecular weight is 318 g/mol. The molecule has 5 nitrogen and oxygen atoms in total. The highest BCUT2D eigenvalue weighted by atomic mass is 32.1. The minimum Gasteiger partial charge on any atom is -0.496 e. The van der Waals surface area contributed by atoms with Gasteiger partial charge in [0.1, 0.15) is 10.8 Å². The van der Waals surface area contributed by atoms with E-state index in [1.165, 1.54) is 12.8 Å². The summed E-state index contributed by atoms with van der Waals surface area (Å²) in [5.74, 6) is 2.42. The number of aromatic nitrogens is 1. The van der Waals surface area contributed by atoms with E-state index in [1.807, 2.05) is 23.7 Å². The average Bonchev–Trinajstić information content (AvgIpc) is 3.06. The molecule has 1 saturated carbocycles. The second kappa shape index (κ2) is 5.78. The number of ether oxygens (including phenoxy) is 3. The summed E-state index contributed by atoms with van der Waals surface area (Å²) < 4.78 is 16.4. The van der Waals surface area contributed by atoms with Gasteiger partial charge in [-0.25, -0.2) is 4.98 Å². The zero-order chi connectivity index (χ0) is 14.9. The van der Waals surface area contributed by atoms with Crippen molar-refractivity contribution in [2.45, 2.75) is 32.0 Å². The Morgan fingerprint density at radius 3 is 2.77 bits per heavy atom. The number of rotatable bonds is 6. The predicted octanol–water partition coefficient (Wildman–Crippen LogP) is 3.05. The standard InChI is InChI=1S/C16H18N2O3S/c1-19-13-7-15-14(20-10-21-15)6-11(13)8-18(12-2-3-12)9-16-17-4-5-22-16/h4-7,12H,2-3,8-10H2,1H3. The van der Waals surface area contributed by atoms with Crippen molar-refractivity contribution in [3.63, 3.8) is 0 Å². The first-order chi connectivity index (χ1) is 10.8. The van der Waals surface area contributed by atoms with Crippen LogP contribution in [-0.2, 0) is 13.1 Å². The Morgan fingerprint density at radius 2 is 2.09 bits per heavy atom. The topological polar surface area (TPSA) is 43.8 Å². The van der Waals surface area contributed by atoms with Crippen LogP contribution in [-0.4, -0.2) is 29.8 Å². The van der Waals surface area contributed by atoms with E-state index in [1.54, 1.807) is 18.4 Å². The van der Waals surface area contributed by atoms with Crippen LogP contribution in [0.2, 0.25) is 0 Å². The van der Waals surface area contributed by atoms with Gasteiger partial charge in [0.25, 0.3) is 0 Å². The molecule has 0 radical (unpaired) electrons. The van der Waals surface area contributed by atoms with Gasteiger partial charge in [0, 0.05) is 35.8 Å². The summed E-state index contributed by atoms with van der Waals surface area (Å²) in [6.45, 7) is 2.01. The lowest BCUT2D eigenvalue weighted by Gasteiger charge is -2.22. The van der Waals surface area contributed by atoms with Crippen molar-refractivity contribution in [2.75, 3.05) is 13.9 Å². The van der Waals surface area contributed by atoms with Crippen molar-refractivity contribution in [2.24, 2.45) is 0 Å². The van der Waals surface area contributed by atoms with Crippen molar-refractivity contribution in [1.82, 2.24) is 9.88 Å². The second-order valence-electron chi connectivity index (χ2n) is 5.58. The maximum Gasteiger partial charge on any atom is 0.231 e. The molecule has 0 amide bonds. The fraction of sp³-hybridized carbons (Fsp3) is 0.438. The van der Waals surface area contributed by atoms with Gasteiger partial charge in [-0.15, -0.1) is 11.3 Å². The molecule has 2 aliphatic rings. The number of hydrogen-bond acceptors (Lipinski definition) is 6. The fourth-order valence-electron chi connectivity index (χ4n) is 2.76. The molecule has 4 rings (SSSR count). The molecule has 2 heterocycles. The summed E-state index contributed by atoms with van der Waals surface area (Å²) in [6, 6.07) is 4.61. The van der Waals surface area contributed by atoms with Crippen LogP contribution in [0.15, 0.2) is 23.7 Å². The number of fused-ring (bicyclic) bond motifs is 1. The summed E-state index contributed by atoms with van der Waals surface area (Å²) in [5, 5.41) is 3.19. The number of nitrogens with zero attached hydrogens (tertiary/aromatic N) is 2. The van der Waals surface area contributed by atoms with Crippen LogP contribution in [0.3, 0.4) is 0 Å². The highest BCUT2D eigenvalue weighted by Gasteiger charge is 2.30. The quantitative estimate of drug-likeness (QED) is 0.819. The molecule has 0 bridgehead atoms. The number of thiazole rings is 1. The first kappa shape index (κ1) is 13.8. The van der Waals surface area contributed by atoms with Crippen LogP contribution < -0.4 is 14.2 Å². The third kappa shape index (κ3) is 2.76. The molecule has 0 spiro atoms. The van der Waals surface area contributed by atoms with Gasteiger partial charge >= 0.3 is 0 Å². The lowest BCUT2D eigenvalue weighted by atomic mass is 10.1. The second-order valence-corrected chi connectivity index (χ2v) is 6.56. The zero-order valence-electron chi connectivity index (χ0n) is 12.4. The molecule has 0 N–H and O–H groups in total.